The van der Waals surface area contributed by atoms with Crippen molar-refractivity contribution in [3.8, 4) is 0 Å². The number of hydrogen-bond donors (Lipinski definition) is 0. The number of amides is 2. The molecule has 0 spiro atoms. The molecule has 0 radical (unpaired) electrons. The van der Waals surface area contributed by atoms with Crippen molar-refractivity contribution in [2.24, 2.45) is 11.8 Å². The second-order valence-electron chi connectivity index (χ2n) is 9.05. The van der Waals surface area contributed by atoms with E-state index in [0.29, 0.717) is 0 Å². The van der Waals surface area contributed by atoms with Gasteiger partial charge in [0.25, 0.3) is 5.91 Å². The van der Waals surface area contributed by atoms with Crippen LogP contribution in [0.3, 0.4) is 0 Å². The summed E-state index contributed by atoms with van der Waals surface area (Å²) in [4.78, 5) is 34.6. The number of likely N-dealkylation sites (tertiary alicyclic amines) is 1. The van der Waals surface area contributed by atoms with Gasteiger partial charge >= 0.3 is 0 Å². The van der Waals surface area contributed by atoms with E-state index in [1.54, 1.807) is 5.06 Å². The number of benzene rings is 2. The number of carbonyl (C=O) groups is 2. The SMILES string of the molecule is CCC1=CO[C@H]([C@H]2[C@H]3C(=O)N(Cc4ccccc4)C(=O)[C@@H]3ON2c2ccccc2)[C@H](CC)C1. The molecule has 172 valence electrons. The molecule has 0 N–H and O–H groups in total. The predicted octanol–water partition coefficient (Wildman–Crippen LogP) is 4.47. The largest absolute Gasteiger partial charge is 0.495 e. The Kier molecular flexibility index (Phi) is 5.94. The molecule has 3 heterocycles. The standard InChI is InChI=1S/C27H30N2O4/c1-3-18-15-20(4-2)24(32-17-18)23-22-25(33-29(23)21-13-9-6-10-14-21)27(31)28(26(22)30)16-19-11-7-5-8-12-19/h5-14,17,20,22-25H,3-4,15-16H2,1-2H3/t20-,22-,23-,24+,25-/m1/s1. The fourth-order valence-electron chi connectivity index (χ4n) is 5.32. The van der Waals surface area contributed by atoms with Crippen molar-refractivity contribution in [2.45, 2.75) is 57.9 Å². The van der Waals surface area contributed by atoms with Gasteiger partial charge in [0.1, 0.15) is 18.1 Å². The van der Waals surface area contributed by atoms with Crippen LogP contribution in [0.4, 0.5) is 5.69 Å². The van der Waals surface area contributed by atoms with Gasteiger partial charge in [-0.3, -0.25) is 19.3 Å². The van der Waals surface area contributed by atoms with Crippen LogP contribution in [0.5, 0.6) is 0 Å². The molecule has 5 rings (SSSR count). The van der Waals surface area contributed by atoms with E-state index in [1.807, 2.05) is 66.9 Å². The fraction of sp³-hybridized carbons (Fsp3) is 0.407. The summed E-state index contributed by atoms with van der Waals surface area (Å²) in [5, 5.41) is 1.77. The summed E-state index contributed by atoms with van der Waals surface area (Å²) in [6.45, 7) is 4.55. The van der Waals surface area contributed by atoms with Crippen molar-refractivity contribution in [3.63, 3.8) is 0 Å². The Labute approximate surface area is 194 Å². The first-order chi connectivity index (χ1) is 16.1. The maximum Gasteiger partial charge on any atom is 0.262 e. The molecule has 0 saturated carbocycles. The van der Waals surface area contributed by atoms with Crippen LogP contribution in [0, 0.1) is 11.8 Å². The molecule has 3 aliphatic heterocycles. The third kappa shape index (κ3) is 3.82. The van der Waals surface area contributed by atoms with Gasteiger partial charge < -0.3 is 4.74 Å². The summed E-state index contributed by atoms with van der Waals surface area (Å²) in [7, 11) is 0. The molecule has 2 fully saturated rings. The van der Waals surface area contributed by atoms with Gasteiger partial charge in [0.2, 0.25) is 5.91 Å². The Morgan fingerprint density at radius 3 is 2.30 bits per heavy atom. The van der Waals surface area contributed by atoms with E-state index in [4.69, 9.17) is 9.57 Å². The smallest absolute Gasteiger partial charge is 0.262 e. The molecule has 2 aromatic carbocycles. The maximum absolute atomic E-state index is 13.7. The molecule has 3 aliphatic rings. The van der Waals surface area contributed by atoms with Crippen LogP contribution in [-0.4, -0.2) is 35.0 Å². The Bertz CT molecular complexity index is 1040. The predicted molar refractivity (Wildman–Crippen MR) is 125 cm³/mol. The average molecular weight is 447 g/mol. The number of anilines is 1. The highest BCUT2D eigenvalue weighted by atomic mass is 16.7. The van der Waals surface area contributed by atoms with Crippen molar-refractivity contribution < 1.29 is 19.2 Å². The van der Waals surface area contributed by atoms with Crippen molar-refractivity contribution in [2.75, 3.05) is 5.06 Å². The van der Waals surface area contributed by atoms with E-state index >= 15 is 0 Å². The average Bonchev–Trinajstić information content (AvgIpc) is 3.36. The van der Waals surface area contributed by atoms with Crippen LogP contribution in [0.25, 0.3) is 0 Å². The van der Waals surface area contributed by atoms with Gasteiger partial charge in [-0.15, -0.1) is 0 Å². The van der Waals surface area contributed by atoms with Gasteiger partial charge in [-0.1, -0.05) is 62.4 Å². The summed E-state index contributed by atoms with van der Waals surface area (Å²) in [6.07, 6.45) is 3.59. The summed E-state index contributed by atoms with van der Waals surface area (Å²) in [5.74, 6) is -0.807. The van der Waals surface area contributed by atoms with Crippen molar-refractivity contribution in [3.05, 3.63) is 78.1 Å². The van der Waals surface area contributed by atoms with Gasteiger partial charge in [0.15, 0.2) is 6.10 Å². The number of fused-ring (bicyclic) bond motifs is 1. The first-order valence-corrected chi connectivity index (χ1v) is 11.9. The van der Waals surface area contributed by atoms with Crippen LogP contribution < -0.4 is 5.06 Å². The Morgan fingerprint density at radius 1 is 0.939 bits per heavy atom. The van der Waals surface area contributed by atoms with E-state index in [9.17, 15) is 9.59 Å². The number of nitrogens with zero attached hydrogens (tertiary/aromatic N) is 2. The zero-order valence-electron chi connectivity index (χ0n) is 19.1. The highest BCUT2D eigenvalue weighted by Crippen LogP contribution is 2.44. The zero-order valence-corrected chi connectivity index (χ0v) is 19.1. The van der Waals surface area contributed by atoms with Crippen LogP contribution >= 0.6 is 0 Å². The molecule has 2 amide bonds. The topological polar surface area (TPSA) is 59.1 Å². The monoisotopic (exact) mass is 446 g/mol. The number of para-hydroxylation sites is 1. The minimum atomic E-state index is -0.830. The third-order valence-corrected chi connectivity index (χ3v) is 7.14. The number of hydroxylamine groups is 1. The highest BCUT2D eigenvalue weighted by Gasteiger charge is 2.62. The maximum atomic E-state index is 13.7. The highest BCUT2D eigenvalue weighted by molar-refractivity contribution is 6.07. The van der Waals surface area contributed by atoms with Gasteiger partial charge in [-0.05, 0) is 42.5 Å². The summed E-state index contributed by atoms with van der Waals surface area (Å²) in [6, 6.07) is 18.9. The van der Waals surface area contributed by atoms with Crippen LogP contribution in [0.2, 0.25) is 0 Å². The lowest BCUT2D eigenvalue weighted by Crippen LogP contribution is -2.50. The molecule has 0 aliphatic carbocycles. The van der Waals surface area contributed by atoms with Crippen molar-refractivity contribution >= 4 is 17.5 Å². The van der Waals surface area contributed by atoms with E-state index < -0.39 is 12.0 Å². The van der Waals surface area contributed by atoms with Gasteiger partial charge in [-0.25, -0.2) is 5.06 Å². The molecule has 33 heavy (non-hydrogen) atoms. The molecular formula is C27H30N2O4. The molecule has 0 aromatic heterocycles. The molecule has 0 bridgehead atoms. The summed E-state index contributed by atoms with van der Waals surface area (Å²) >= 11 is 0. The van der Waals surface area contributed by atoms with Crippen molar-refractivity contribution in [1.82, 2.24) is 4.90 Å². The molecule has 6 nitrogen and oxygen atoms in total. The number of rotatable bonds is 6. The lowest BCUT2D eigenvalue weighted by molar-refractivity contribution is -0.144. The molecular weight excluding hydrogens is 416 g/mol. The molecule has 5 atom stereocenters. The minimum absolute atomic E-state index is 0.180. The number of hydrogen-bond acceptors (Lipinski definition) is 5. The third-order valence-electron chi connectivity index (χ3n) is 7.14. The zero-order chi connectivity index (χ0) is 22.9. The van der Waals surface area contributed by atoms with Crippen LogP contribution in [-0.2, 0) is 25.7 Å². The Hall–Kier alpha value is -3.12. The number of allylic oxidation sites excluding steroid dienone is 1. The number of ether oxygens (including phenoxy) is 1. The van der Waals surface area contributed by atoms with E-state index in [0.717, 1.165) is 30.5 Å². The second-order valence-corrected chi connectivity index (χ2v) is 9.05. The summed E-state index contributed by atoms with van der Waals surface area (Å²) < 4.78 is 6.30. The van der Waals surface area contributed by atoms with Crippen LogP contribution in [0.15, 0.2) is 72.5 Å². The first kappa shape index (κ1) is 21.7. The van der Waals surface area contributed by atoms with Gasteiger partial charge in [-0.2, -0.15) is 0 Å². The Morgan fingerprint density at radius 2 is 1.64 bits per heavy atom. The normalized spacial score (nSPS) is 29.2. The lowest BCUT2D eigenvalue weighted by atomic mass is 9.80. The van der Waals surface area contributed by atoms with Gasteiger partial charge in [0, 0.05) is 5.92 Å². The van der Waals surface area contributed by atoms with Crippen molar-refractivity contribution in [1.29, 1.82) is 0 Å². The quantitative estimate of drug-likeness (QED) is 0.613. The molecule has 6 heteroatoms. The Balaban J connectivity index is 1.50. The molecule has 2 aromatic rings. The van der Waals surface area contributed by atoms with E-state index in [-0.39, 0.29) is 36.4 Å². The molecule has 2 saturated heterocycles. The minimum Gasteiger partial charge on any atom is -0.495 e. The van der Waals surface area contributed by atoms with Gasteiger partial charge in [0.05, 0.1) is 18.5 Å². The fourth-order valence-corrected chi connectivity index (χ4v) is 5.32. The number of imide groups is 1. The van der Waals surface area contributed by atoms with Crippen LogP contribution in [0.1, 0.15) is 38.7 Å². The lowest BCUT2D eigenvalue weighted by Gasteiger charge is -2.39. The second kappa shape index (κ2) is 9.02. The van der Waals surface area contributed by atoms with E-state index in [2.05, 4.69) is 13.8 Å². The molecule has 0 unspecified atom stereocenters. The summed E-state index contributed by atoms with van der Waals surface area (Å²) in [5.41, 5.74) is 3.03. The first-order valence-electron chi connectivity index (χ1n) is 11.9. The number of carbonyl (C=O) groups excluding carboxylic acids is 2. The van der Waals surface area contributed by atoms with E-state index in [1.165, 1.54) is 10.5 Å².